The lowest BCUT2D eigenvalue weighted by Crippen LogP contribution is -2.26. The number of anilines is 1. The van der Waals surface area contributed by atoms with Crippen LogP contribution in [-0.2, 0) is 0 Å². The van der Waals surface area contributed by atoms with Gasteiger partial charge < -0.3 is 10.2 Å². The van der Waals surface area contributed by atoms with Crippen LogP contribution in [0.5, 0.6) is 0 Å². The standard InChI is InChI=1S/C14H20Cl2N2/c1-2-18-9-4-5-11(8-10-18)17-14-12(15)6-3-7-13(14)16/h3,6-7,11,17H,2,4-5,8-10H2,1H3. The van der Waals surface area contributed by atoms with Crippen LogP contribution in [0.15, 0.2) is 18.2 Å². The molecule has 1 saturated heterocycles. The third-order valence-electron chi connectivity index (χ3n) is 3.58. The van der Waals surface area contributed by atoms with Crippen LogP contribution < -0.4 is 5.32 Å². The molecule has 2 nitrogen and oxygen atoms in total. The summed E-state index contributed by atoms with van der Waals surface area (Å²) in [5.41, 5.74) is 0.885. The lowest BCUT2D eigenvalue weighted by atomic mass is 10.1. The van der Waals surface area contributed by atoms with Crippen molar-refractivity contribution < 1.29 is 0 Å². The predicted molar refractivity (Wildman–Crippen MR) is 79.8 cm³/mol. The Labute approximate surface area is 119 Å². The molecule has 0 aliphatic carbocycles. The number of likely N-dealkylation sites (tertiary alicyclic amines) is 1. The summed E-state index contributed by atoms with van der Waals surface area (Å²) in [4.78, 5) is 2.50. The Kier molecular flexibility index (Phi) is 5.16. The lowest BCUT2D eigenvalue weighted by Gasteiger charge is -2.20. The molecule has 0 amide bonds. The summed E-state index contributed by atoms with van der Waals surface area (Å²) in [6, 6.07) is 6.11. The fraction of sp³-hybridized carbons (Fsp3) is 0.571. The highest BCUT2D eigenvalue weighted by Gasteiger charge is 2.17. The van der Waals surface area contributed by atoms with E-state index in [0.717, 1.165) is 25.2 Å². The van der Waals surface area contributed by atoms with Crippen LogP contribution in [0.1, 0.15) is 26.2 Å². The molecule has 0 spiro atoms. The molecular weight excluding hydrogens is 267 g/mol. The number of hydrogen-bond donors (Lipinski definition) is 1. The number of para-hydroxylation sites is 1. The van der Waals surface area contributed by atoms with Crippen molar-refractivity contribution in [2.45, 2.75) is 32.2 Å². The average Bonchev–Trinajstić information content (AvgIpc) is 2.59. The molecule has 18 heavy (non-hydrogen) atoms. The van der Waals surface area contributed by atoms with Crippen LogP contribution in [0.25, 0.3) is 0 Å². The van der Waals surface area contributed by atoms with Gasteiger partial charge in [0.15, 0.2) is 0 Å². The molecule has 100 valence electrons. The molecule has 0 saturated carbocycles. The Morgan fingerprint density at radius 3 is 2.61 bits per heavy atom. The fourth-order valence-electron chi connectivity index (χ4n) is 2.46. The van der Waals surface area contributed by atoms with Crippen molar-refractivity contribution in [3.8, 4) is 0 Å². The van der Waals surface area contributed by atoms with E-state index in [-0.39, 0.29) is 0 Å². The number of halogens is 2. The van der Waals surface area contributed by atoms with Crippen molar-refractivity contribution in [1.29, 1.82) is 0 Å². The zero-order chi connectivity index (χ0) is 13.0. The molecule has 1 heterocycles. The third kappa shape index (κ3) is 3.53. The SMILES string of the molecule is CCN1CCCC(Nc2c(Cl)cccc2Cl)CC1. The van der Waals surface area contributed by atoms with E-state index in [1.807, 2.05) is 18.2 Å². The third-order valence-corrected chi connectivity index (χ3v) is 4.21. The first kappa shape index (κ1) is 14.0. The van der Waals surface area contributed by atoms with E-state index in [9.17, 15) is 0 Å². The first-order valence-corrected chi connectivity index (χ1v) is 7.39. The van der Waals surface area contributed by atoms with Crippen molar-refractivity contribution in [3.63, 3.8) is 0 Å². The maximum atomic E-state index is 6.19. The number of rotatable bonds is 3. The van der Waals surface area contributed by atoms with Gasteiger partial charge >= 0.3 is 0 Å². The number of hydrogen-bond acceptors (Lipinski definition) is 2. The summed E-state index contributed by atoms with van der Waals surface area (Å²) in [6.07, 6.45) is 3.56. The Hall–Kier alpha value is -0.440. The largest absolute Gasteiger partial charge is 0.380 e. The van der Waals surface area contributed by atoms with E-state index in [4.69, 9.17) is 23.2 Å². The zero-order valence-corrected chi connectivity index (χ0v) is 12.3. The first-order chi connectivity index (χ1) is 8.70. The van der Waals surface area contributed by atoms with Crippen molar-refractivity contribution >= 4 is 28.9 Å². The maximum absolute atomic E-state index is 6.19. The molecule has 1 aliphatic heterocycles. The highest BCUT2D eigenvalue weighted by Crippen LogP contribution is 2.31. The molecule has 1 aliphatic rings. The Balaban J connectivity index is 2.01. The molecule has 1 unspecified atom stereocenters. The molecule has 1 fully saturated rings. The van der Waals surface area contributed by atoms with E-state index in [2.05, 4.69) is 17.1 Å². The molecule has 1 atom stereocenters. The summed E-state index contributed by atoms with van der Waals surface area (Å²) in [5, 5.41) is 4.93. The lowest BCUT2D eigenvalue weighted by molar-refractivity contribution is 0.300. The van der Waals surface area contributed by atoms with Gasteiger partial charge in [0.2, 0.25) is 0 Å². The minimum atomic E-state index is 0.471. The summed E-state index contributed by atoms with van der Waals surface area (Å²) in [7, 11) is 0. The first-order valence-electron chi connectivity index (χ1n) is 6.63. The van der Waals surface area contributed by atoms with Crippen LogP contribution in [0, 0.1) is 0 Å². The monoisotopic (exact) mass is 286 g/mol. The molecule has 0 aromatic heterocycles. The topological polar surface area (TPSA) is 15.3 Å². The normalized spacial score (nSPS) is 21.6. The van der Waals surface area contributed by atoms with Crippen molar-refractivity contribution in [2.75, 3.05) is 25.0 Å². The van der Waals surface area contributed by atoms with Crippen LogP contribution in [-0.4, -0.2) is 30.6 Å². The molecule has 1 N–H and O–H groups in total. The van der Waals surface area contributed by atoms with Gasteiger partial charge in [0.25, 0.3) is 0 Å². The zero-order valence-electron chi connectivity index (χ0n) is 10.8. The highest BCUT2D eigenvalue weighted by atomic mass is 35.5. The molecule has 4 heteroatoms. The Bertz CT molecular complexity index is 375. The number of nitrogens with one attached hydrogen (secondary N) is 1. The fourth-order valence-corrected chi connectivity index (χ4v) is 2.96. The van der Waals surface area contributed by atoms with E-state index in [1.165, 1.54) is 19.4 Å². The number of nitrogens with zero attached hydrogens (tertiary/aromatic N) is 1. The van der Waals surface area contributed by atoms with E-state index in [0.29, 0.717) is 16.1 Å². The van der Waals surface area contributed by atoms with Gasteiger partial charge in [-0.2, -0.15) is 0 Å². The van der Waals surface area contributed by atoms with Gasteiger partial charge in [0, 0.05) is 12.6 Å². The van der Waals surface area contributed by atoms with E-state index < -0.39 is 0 Å². The molecule has 0 radical (unpaired) electrons. The Morgan fingerprint density at radius 1 is 1.22 bits per heavy atom. The minimum absolute atomic E-state index is 0.471. The van der Waals surface area contributed by atoms with Crippen molar-refractivity contribution in [1.82, 2.24) is 4.90 Å². The molecule has 0 bridgehead atoms. The van der Waals surface area contributed by atoms with Crippen LogP contribution in [0.2, 0.25) is 10.0 Å². The number of benzene rings is 1. The average molecular weight is 287 g/mol. The van der Waals surface area contributed by atoms with Gasteiger partial charge in [-0.05, 0) is 44.5 Å². The second-order valence-electron chi connectivity index (χ2n) is 4.80. The van der Waals surface area contributed by atoms with Crippen LogP contribution in [0.4, 0.5) is 5.69 Å². The minimum Gasteiger partial charge on any atom is -0.380 e. The molecule has 1 aromatic carbocycles. The molecule has 1 aromatic rings. The van der Waals surface area contributed by atoms with Crippen LogP contribution >= 0.6 is 23.2 Å². The quantitative estimate of drug-likeness (QED) is 0.892. The summed E-state index contributed by atoms with van der Waals surface area (Å²) in [5.74, 6) is 0. The highest BCUT2D eigenvalue weighted by molar-refractivity contribution is 6.39. The van der Waals surface area contributed by atoms with E-state index in [1.54, 1.807) is 0 Å². The summed E-state index contributed by atoms with van der Waals surface area (Å²) in [6.45, 7) is 5.71. The van der Waals surface area contributed by atoms with Gasteiger partial charge in [-0.1, -0.05) is 36.2 Å². The second kappa shape index (κ2) is 6.65. The van der Waals surface area contributed by atoms with Gasteiger partial charge in [0.05, 0.1) is 15.7 Å². The smallest absolute Gasteiger partial charge is 0.0721 e. The maximum Gasteiger partial charge on any atom is 0.0721 e. The summed E-state index contributed by atoms with van der Waals surface area (Å²) >= 11 is 12.4. The van der Waals surface area contributed by atoms with Gasteiger partial charge in [0.1, 0.15) is 0 Å². The van der Waals surface area contributed by atoms with E-state index >= 15 is 0 Å². The Morgan fingerprint density at radius 2 is 1.94 bits per heavy atom. The molecule has 2 rings (SSSR count). The van der Waals surface area contributed by atoms with Crippen molar-refractivity contribution in [3.05, 3.63) is 28.2 Å². The van der Waals surface area contributed by atoms with Gasteiger partial charge in [-0.15, -0.1) is 0 Å². The predicted octanol–water partition coefficient (Wildman–Crippen LogP) is 4.28. The molecular formula is C14H20Cl2N2. The second-order valence-corrected chi connectivity index (χ2v) is 5.62. The van der Waals surface area contributed by atoms with Gasteiger partial charge in [-0.3, -0.25) is 0 Å². The van der Waals surface area contributed by atoms with Crippen molar-refractivity contribution in [2.24, 2.45) is 0 Å². The summed E-state index contributed by atoms with van der Waals surface area (Å²) < 4.78 is 0. The van der Waals surface area contributed by atoms with Gasteiger partial charge in [-0.25, -0.2) is 0 Å². The van der Waals surface area contributed by atoms with Crippen LogP contribution in [0.3, 0.4) is 0 Å².